The maximum Gasteiger partial charge on any atom is 0.329 e. The van der Waals surface area contributed by atoms with Crippen molar-refractivity contribution in [1.29, 1.82) is 0 Å². The van der Waals surface area contributed by atoms with Crippen LogP contribution in [-0.2, 0) is 204 Å². The highest BCUT2D eigenvalue weighted by atomic mass is 16.6. The van der Waals surface area contributed by atoms with E-state index in [1.54, 1.807) is 20.8 Å². The standard InChI is InChI=1S/C102H198N2O44/c1-101(2,3)147-99(109)18-16-14-12-10-8-7-9-11-13-15-17-97(106)104-95(100(110)148-102(4,5)6)19-20-96(105)103-22-24-112-26-28-114-30-32-116-34-36-118-38-40-120-42-44-122-46-48-124-50-52-126-54-56-128-58-60-130-62-64-132-66-68-134-70-72-136-74-76-138-78-80-140-82-84-142-86-88-144-90-92-146-94-93-145-91-89-143-87-85-141-83-81-139-79-77-137-75-73-135-71-69-133-67-65-131-63-61-129-59-57-127-55-53-125-51-49-123-47-45-121-43-41-119-39-37-117-35-33-115-31-29-113-27-25-111-23-21-98(107)108/h95H,7-94H2,1-6H3,(H,103,105)(H,104,106)(H,107,108)/t95-/m0/s1. The van der Waals surface area contributed by atoms with Crippen molar-refractivity contribution in [3.05, 3.63) is 0 Å². The van der Waals surface area contributed by atoms with Gasteiger partial charge in [-0.05, 0) is 60.8 Å². The van der Waals surface area contributed by atoms with Crippen LogP contribution in [0, 0.1) is 0 Å². The molecule has 0 aromatic carbocycles. The molecule has 3 N–H and O–H groups in total. The molecule has 0 fully saturated rings. The fraction of sp³-hybridized carbons (Fsp3) is 0.951. The summed E-state index contributed by atoms with van der Waals surface area (Å²) in [6.07, 6.45) is 11.1. The van der Waals surface area contributed by atoms with Gasteiger partial charge in [-0.25, -0.2) is 4.79 Å². The first-order chi connectivity index (χ1) is 72.6. The second-order valence-corrected chi connectivity index (χ2v) is 34.4. The fourth-order valence-corrected chi connectivity index (χ4v) is 11.8. The first kappa shape index (κ1) is 144. The van der Waals surface area contributed by atoms with Gasteiger partial charge in [0.2, 0.25) is 11.8 Å². The third-order valence-electron chi connectivity index (χ3n) is 19.2. The number of carbonyl (C=O) groups is 5. The van der Waals surface area contributed by atoms with E-state index in [2.05, 4.69) is 10.6 Å². The number of hydrogen-bond donors (Lipinski definition) is 3. The lowest BCUT2D eigenvalue weighted by Crippen LogP contribution is -2.44. The summed E-state index contributed by atoms with van der Waals surface area (Å²) >= 11 is 0. The van der Waals surface area contributed by atoms with E-state index in [1.807, 2.05) is 20.8 Å². The minimum atomic E-state index is -0.927. The Hall–Kier alpha value is -4.09. The Morgan fingerprint density at radius 1 is 0.182 bits per heavy atom. The Labute approximate surface area is 883 Å². The van der Waals surface area contributed by atoms with Gasteiger partial charge in [0.1, 0.15) is 17.2 Å². The molecule has 0 aliphatic heterocycles. The molecule has 0 radical (unpaired) electrons. The van der Waals surface area contributed by atoms with Gasteiger partial charge in [0.15, 0.2) is 0 Å². The molecular weight excluding hydrogens is 1960 g/mol. The molecule has 0 aliphatic rings. The lowest BCUT2D eigenvalue weighted by atomic mass is 10.0. The Morgan fingerprint density at radius 2 is 0.338 bits per heavy atom. The normalized spacial score (nSPS) is 12.1. The number of rotatable bonds is 129. The van der Waals surface area contributed by atoms with Crippen LogP contribution >= 0.6 is 0 Å². The number of unbranched alkanes of at least 4 members (excludes halogenated alkanes) is 9. The van der Waals surface area contributed by atoms with Crippen LogP contribution in [-0.4, -0.2) is 534 Å². The molecule has 46 heteroatoms. The summed E-state index contributed by atoms with van der Waals surface area (Å²) in [5.74, 6) is -2.06. The average molecular weight is 2160 g/mol. The average Bonchev–Trinajstić information content (AvgIpc) is 0.885. The predicted molar refractivity (Wildman–Crippen MR) is 543 cm³/mol. The van der Waals surface area contributed by atoms with E-state index in [-0.39, 0.29) is 43.7 Å². The summed E-state index contributed by atoms with van der Waals surface area (Å²) in [5, 5.41) is 14.1. The van der Waals surface area contributed by atoms with E-state index in [1.165, 1.54) is 0 Å². The van der Waals surface area contributed by atoms with Crippen molar-refractivity contribution >= 4 is 29.7 Å². The van der Waals surface area contributed by atoms with Gasteiger partial charge < -0.3 is 196 Å². The molecule has 0 aromatic rings. The number of esters is 2. The zero-order valence-electron chi connectivity index (χ0n) is 91.3. The van der Waals surface area contributed by atoms with Crippen molar-refractivity contribution in [2.24, 2.45) is 0 Å². The first-order valence-electron chi connectivity index (χ1n) is 53.6. The Bertz CT molecular complexity index is 2640. The van der Waals surface area contributed by atoms with Gasteiger partial charge in [0, 0.05) is 25.8 Å². The molecule has 46 nitrogen and oxygen atoms in total. The lowest BCUT2D eigenvalue weighted by Gasteiger charge is -2.24. The van der Waals surface area contributed by atoms with Crippen LogP contribution in [0.3, 0.4) is 0 Å². The van der Waals surface area contributed by atoms with Crippen LogP contribution in [0.1, 0.15) is 138 Å². The number of carboxylic acids is 1. The fourth-order valence-electron chi connectivity index (χ4n) is 11.8. The highest BCUT2D eigenvalue weighted by Gasteiger charge is 2.28. The Morgan fingerprint density at radius 3 is 0.507 bits per heavy atom. The highest BCUT2D eigenvalue weighted by molar-refractivity contribution is 5.85. The van der Waals surface area contributed by atoms with Crippen LogP contribution in [0.2, 0.25) is 0 Å². The molecule has 0 aromatic heterocycles. The van der Waals surface area contributed by atoms with E-state index in [9.17, 15) is 24.0 Å². The van der Waals surface area contributed by atoms with Gasteiger partial charge in [0.25, 0.3) is 0 Å². The molecule has 0 unspecified atom stereocenters. The third kappa shape index (κ3) is 129. The number of ether oxygens (including phenoxy) is 38. The summed E-state index contributed by atoms with van der Waals surface area (Å²) in [6, 6.07) is -0.927. The van der Waals surface area contributed by atoms with Gasteiger partial charge in [0.05, 0.1) is 482 Å². The highest BCUT2D eigenvalue weighted by Crippen LogP contribution is 2.16. The molecule has 0 bridgehead atoms. The lowest BCUT2D eigenvalue weighted by molar-refractivity contribution is -0.159. The Kier molecular flexibility index (Phi) is 118. The van der Waals surface area contributed by atoms with Crippen LogP contribution in [0.4, 0.5) is 0 Å². The molecule has 2 amide bonds. The molecule has 880 valence electrons. The number of aliphatic carboxylic acids is 1. The second-order valence-electron chi connectivity index (χ2n) is 34.4. The second kappa shape index (κ2) is 121. The minimum absolute atomic E-state index is 0.0144. The maximum atomic E-state index is 13.0. The predicted octanol–water partition coefficient (Wildman–Crippen LogP) is 5.80. The third-order valence-corrected chi connectivity index (χ3v) is 19.2. The summed E-state index contributed by atoms with van der Waals surface area (Å²) in [5.41, 5.74) is -1.18. The summed E-state index contributed by atoms with van der Waals surface area (Å²) in [7, 11) is 0. The topological polar surface area (TPSA) is 480 Å². The molecule has 0 aliphatic carbocycles. The number of nitrogens with one attached hydrogen (secondary N) is 2. The van der Waals surface area contributed by atoms with Gasteiger partial charge in [-0.15, -0.1) is 0 Å². The molecule has 0 saturated carbocycles. The summed E-state index contributed by atoms with van der Waals surface area (Å²) in [4.78, 5) is 60.7. The zero-order valence-corrected chi connectivity index (χ0v) is 91.3. The van der Waals surface area contributed by atoms with Crippen LogP contribution in [0.25, 0.3) is 0 Å². The van der Waals surface area contributed by atoms with E-state index in [4.69, 9.17) is 185 Å². The van der Waals surface area contributed by atoms with Gasteiger partial charge in [-0.3, -0.25) is 19.2 Å². The maximum absolute atomic E-state index is 13.0. The van der Waals surface area contributed by atoms with Crippen molar-refractivity contribution < 1.29 is 209 Å². The minimum Gasteiger partial charge on any atom is -0.481 e. The van der Waals surface area contributed by atoms with Crippen molar-refractivity contribution in [3.8, 4) is 0 Å². The van der Waals surface area contributed by atoms with E-state index < -0.39 is 29.2 Å². The SMILES string of the molecule is CC(C)(C)OC(=O)CCCCCCCCCCCCC(=O)N[C@@H](CCC(=O)NCCOCCOCCOCCOCCOCCOCCOCCOCCOCCOCCOCCOCCOCCOCCOCCOCCOCCOCCOCCOCCOCCOCCOCCOCCOCCOCCOCCOCCOCCOCCOCCOCCOCCOCCOCCOCCC(=O)O)C(=O)OC(C)(C)C. The molecule has 0 rings (SSSR count). The first-order valence-corrected chi connectivity index (χ1v) is 53.6. The molecule has 0 saturated heterocycles. The zero-order chi connectivity index (χ0) is 107. The van der Waals surface area contributed by atoms with Gasteiger partial charge >= 0.3 is 17.9 Å². The summed E-state index contributed by atoms with van der Waals surface area (Å²) in [6.45, 7) is 43.6. The number of amides is 2. The number of carbonyl (C=O) groups excluding carboxylic acids is 4. The van der Waals surface area contributed by atoms with Crippen LogP contribution in [0.15, 0.2) is 0 Å². The Balaban J connectivity index is 3.26. The van der Waals surface area contributed by atoms with Gasteiger partial charge in [-0.2, -0.15) is 0 Å². The number of carboxylic acid groups (broad SMARTS) is 1. The largest absolute Gasteiger partial charge is 0.481 e. The van der Waals surface area contributed by atoms with Crippen LogP contribution in [0.5, 0.6) is 0 Å². The van der Waals surface area contributed by atoms with E-state index in [0.717, 1.165) is 64.2 Å². The molecule has 0 spiro atoms. The van der Waals surface area contributed by atoms with Crippen molar-refractivity contribution in [2.75, 3.05) is 482 Å². The smallest absolute Gasteiger partial charge is 0.329 e. The molecular formula is C102H198N2O44. The monoisotopic (exact) mass is 2160 g/mol. The molecule has 148 heavy (non-hydrogen) atoms. The molecule has 1 atom stereocenters. The van der Waals surface area contributed by atoms with Crippen molar-refractivity contribution in [3.63, 3.8) is 0 Å². The van der Waals surface area contributed by atoms with Crippen molar-refractivity contribution in [1.82, 2.24) is 10.6 Å². The molecule has 0 heterocycles. The quantitative estimate of drug-likeness (QED) is 0.0478. The van der Waals surface area contributed by atoms with E-state index >= 15 is 0 Å². The van der Waals surface area contributed by atoms with Gasteiger partial charge in [-0.1, -0.05) is 51.4 Å². The van der Waals surface area contributed by atoms with Crippen molar-refractivity contribution in [2.45, 2.75) is 155 Å². The summed E-state index contributed by atoms with van der Waals surface area (Å²) < 4.78 is 210. The number of hydrogen-bond acceptors (Lipinski definition) is 43. The van der Waals surface area contributed by atoms with E-state index in [0.29, 0.717) is 488 Å². The van der Waals surface area contributed by atoms with Crippen LogP contribution < -0.4 is 10.6 Å².